The average molecular weight is 302 g/mol. The zero-order valence-corrected chi connectivity index (χ0v) is 12.1. The minimum absolute atomic E-state index is 0.0259. The first-order valence-corrected chi connectivity index (χ1v) is 6.52. The van der Waals surface area contributed by atoms with Gasteiger partial charge in [0.2, 0.25) is 0 Å². The molecule has 7 heteroatoms. The quantitative estimate of drug-likeness (QED) is 0.504. The molecule has 1 heterocycles. The number of amides is 1. The number of ether oxygens (including phenoxy) is 2. The van der Waals surface area contributed by atoms with Crippen LogP contribution in [0.25, 0.3) is 5.57 Å². The Morgan fingerprint density at radius 1 is 1.41 bits per heavy atom. The first-order valence-electron chi connectivity index (χ1n) is 6.52. The van der Waals surface area contributed by atoms with Gasteiger partial charge in [0.1, 0.15) is 11.6 Å². The number of aliphatic hydroxyl groups excluding tert-OH is 1. The zero-order valence-electron chi connectivity index (χ0n) is 12.1. The molecule has 0 aliphatic carbocycles. The number of rotatable bonds is 2. The maximum atomic E-state index is 12.0. The number of aliphatic hydroxyl groups is 1. The number of benzene rings is 1. The third-order valence-electron chi connectivity index (χ3n) is 3.19. The van der Waals surface area contributed by atoms with Crippen LogP contribution in [0, 0.1) is 11.3 Å². The van der Waals surface area contributed by atoms with Crippen LogP contribution in [0.1, 0.15) is 12.5 Å². The highest BCUT2D eigenvalue weighted by atomic mass is 16.6. The average Bonchev–Trinajstić information content (AvgIpc) is 2.81. The SMILES string of the molecule is CCOC(=O)N1c2ccccc2/C(=C(\C#N)C(=O)OC)C1O. The molecule has 1 aliphatic rings. The predicted octanol–water partition coefficient (Wildman–Crippen LogP) is 1.43. The van der Waals surface area contributed by atoms with Crippen molar-refractivity contribution in [3.05, 3.63) is 35.4 Å². The first kappa shape index (κ1) is 15.5. The van der Waals surface area contributed by atoms with Crippen LogP contribution in [-0.2, 0) is 14.3 Å². The van der Waals surface area contributed by atoms with Crippen molar-refractivity contribution < 1.29 is 24.2 Å². The van der Waals surface area contributed by atoms with Gasteiger partial charge in [0, 0.05) is 11.1 Å². The fourth-order valence-electron chi connectivity index (χ4n) is 2.28. The predicted molar refractivity (Wildman–Crippen MR) is 76.5 cm³/mol. The molecule has 0 spiro atoms. The number of fused-ring (bicyclic) bond motifs is 1. The van der Waals surface area contributed by atoms with E-state index in [0.29, 0.717) is 11.3 Å². The Morgan fingerprint density at radius 2 is 2.09 bits per heavy atom. The second-order valence-corrected chi connectivity index (χ2v) is 4.35. The second-order valence-electron chi connectivity index (χ2n) is 4.35. The monoisotopic (exact) mass is 302 g/mol. The highest BCUT2D eigenvalue weighted by molar-refractivity contribution is 6.09. The summed E-state index contributed by atoms with van der Waals surface area (Å²) in [5.74, 6) is -0.878. The van der Waals surface area contributed by atoms with Crippen molar-refractivity contribution in [1.82, 2.24) is 0 Å². The third kappa shape index (κ3) is 2.40. The van der Waals surface area contributed by atoms with Crippen LogP contribution in [0.3, 0.4) is 0 Å². The van der Waals surface area contributed by atoms with E-state index in [1.165, 1.54) is 0 Å². The molecule has 1 N–H and O–H groups in total. The molecule has 1 amide bonds. The molecular formula is C15H14N2O5. The lowest BCUT2D eigenvalue weighted by atomic mass is 10.0. The molecule has 1 aromatic rings. The van der Waals surface area contributed by atoms with Crippen LogP contribution in [0.2, 0.25) is 0 Å². The van der Waals surface area contributed by atoms with E-state index >= 15 is 0 Å². The largest absolute Gasteiger partial charge is 0.465 e. The topological polar surface area (TPSA) is 99.9 Å². The van der Waals surface area contributed by atoms with Crippen LogP contribution >= 0.6 is 0 Å². The van der Waals surface area contributed by atoms with E-state index in [1.54, 1.807) is 37.3 Å². The number of para-hydroxylation sites is 1. The summed E-state index contributed by atoms with van der Waals surface area (Å²) in [6.07, 6.45) is -2.26. The van der Waals surface area contributed by atoms with E-state index in [2.05, 4.69) is 4.74 Å². The standard InChI is InChI=1S/C15H14N2O5/c1-3-22-15(20)17-11-7-5-4-6-9(11)12(13(17)18)10(8-16)14(19)21-2/h4-7,13,18H,3H2,1-2H3/b12-10-. The summed E-state index contributed by atoms with van der Waals surface area (Å²) in [5.41, 5.74) is 0.442. The lowest BCUT2D eigenvalue weighted by molar-refractivity contribution is -0.135. The Labute approximate surface area is 127 Å². The van der Waals surface area contributed by atoms with Gasteiger partial charge in [-0.3, -0.25) is 0 Å². The summed E-state index contributed by atoms with van der Waals surface area (Å²) < 4.78 is 9.46. The Bertz CT molecular complexity index is 689. The molecule has 0 saturated heterocycles. The van der Waals surface area contributed by atoms with Gasteiger partial charge in [0.05, 0.1) is 19.4 Å². The number of nitrogens with zero attached hydrogens (tertiary/aromatic N) is 2. The van der Waals surface area contributed by atoms with Crippen molar-refractivity contribution in [2.75, 3.05) is 18.6 Å². The van der Waals surface area contributed by atoms with E-state index in [-0.39, 0.29) is 17.8 Å². The number of anilines is 1. The molecule has 1 aliphatic heterocycles. The molecule has 2 rings (SSSR count). The van der Waals surface area contributed by atoms with Crippen molar-refractivity contribution in [3.63, 3.8) is 0 Å². The number of methoxy groups -OCH3 is 1. The lowest BCUT2D eigenvalue weighted by Crippen LogP contribution is -2.38. The smallest absolute Gasteiger partial charge is 0.416 e. The Balaban J connectivity index is 2.65. The Morgan fingerprint density at radius 3 is 2.68 bits per heavy atom. The molecule has 0 radical (unpaired) electrons. The minimum Gasteiger partial charge on any atom is -0.465 e. The fraction of sp³-hybridized carbons (Fsp3) is 0.267. The number of carbonyl (C=O) groups is 2. The van der Waals surface area contributed by atoms with Crippen LogP contribution in [0.15, 0.2) is 29.8 Å². The van der Waals surface area contributed by atoms with E-state index in [4.69, 9.17) is 4.74 Å². The molecule has 0 fully saturated rings. The van der Waals surface area contributed by atoms with Crippen LogP contribution in [0.5, 0.6) is 0 Å². The second kappa shape index (κ2) is 6.28. The number of hydrogen-bond donors (Lipinski definition) is 1. The zero-order chi connectivity index (χ0) is 16.3. The molecule has 0 saturated carbocycles. The van der Waals surface area contributed by atoms with Gasteiger partial charge in [-0.05, 0) is 13.0 Å². The summed E-state index contributed by atoms with van der Waals surface area (Å²) >= 11 is 0. The van der Waals surface area contributed by atoms with Gasteiger partial charge in [-0.15, -0.1) is 0 Å². The fourth-order valence-corrected chi connectivity index (χ4v) is 2.28. The van der Waals surface area contributed by atoms with Crippen LogP contribution < -0.4 is 4.90 Å². The van der Waals surface area contributed by atoms with Gasteiger partial charge < -0.3 is 14.6 Å². The maximum absolute atomic E-state index is 12.0. The third-order valence-corrected chi connectivity index (χ3v) is 3.19. The number of nitriles is 1. The number of hydrogen-bond acceptors (Lipinski definition) is 6. The van der Waals surface area contributed by atoms with Gasteiger partial charge >= 0.3 is 12.1 Å². The Hall–Kier alpha value is -2.85. The molecule has 1 aromatic carbocycles. The molecule has 0 bridgehead atoms. The normalized spacial score (nSPS) is 18.3. The van der Waals surface area contributed by atoms with Crippen molar-refractivity contribution in [2.45, 2.75) is 13.2 Å². The molecular weight excluding hydrogens is 288 g/mol. The number of esters is 1. The summed E-state index contributed by atoms with van der Waals surface area (Å²) in [7, 11) is 1.14. The van der Waals surface area contributed by atoms with Crippen molar-refractivity contribution in [1.29, 1.82) is 5.26 Å². The molecule has 114 valence electrons. The molecule has 1 atom stereocenters. The van der Waals surface area contributed by atoms with Gasteiger partial charge in [0.25, 0.3) is 0 Å². The van der Waals surface area contributed by atoms with Gasteiger partial charge in [-0.25, -0.2) is 14.5 Å². The summed E-state index contributed by atoms with van der Waals surface area (Å²) in [5, 5.41) is 19.6. The van der Waals surface area contributed by atoms with Crippen molar-refractivity contribution in [3.8, 4) is 6.07 Å². The minimum atomic E-state index is -1.50. The maximum Gasteiger partial charge on any atom is 0.416 e. The molecule has 0 aromatic heterocycles. The van der Waals surface area contributed by atoms with Crippen LogP contribution in [0.4, 0.5) is 10.5 Å². The number of carbonyl (C=O) groups excluding carboxylic acids is 2. The summed E-state index contributed by atoms with van der Waals surface area (Å²) in [6.45, 7) is 1.77. The highest BCUT2D eigenvalue weighted by Crippen LogP contribution is 2.41. The first-order chi connectivity index (χ1) is 10.6. The Kier molecular flexibility index (Phi) is 4.44. The summed E-state index contributed by atoms with van der Waals surface area (Å²) in [4.78, 5) is 24.8. The molecule has 22 heavy (non-hydrogen) atoms. The lowest BCUT2D eigenvalue weighted by Gasteiger charge is -2.20. The molecule has 7 nitrogen and oxygen atoms in total. The van der Waals surface area contributed by atoms with Crippen LogP contribution in [-0.4, -0.2) is 37.1 Å². The van der Waals surface area contributed by atoms with Crippen molar-refractivity contribution in [2.24, 2.45) is 0 Å². The van der Waals surface area contributed by atoms with Gasteiger partial charge in [-0.1, -0.05) is 18.2 Å². The van der Waals surface area contributed by atoms with Crippen molar-refractivity contribution >= 4 is 23.3 Å². The molecule has 1 unspecified atom stereocenters. The van der Waals surface area contributed by atoms with Gasteiger partial charge in [-0.2, -0.15) is 5.26 Å². The van der Waals surface area contributed by atoms with E-state index in [0.717, 1.165) is 12.0 Å². The summed E-state index contributed by atoms with van der Waals surface area (Å²) in [6, 6.07) is 8.26. The van der Waals surface area contributed by atoms with E-state index in [1.807, 2.05) is 0 Å². The van der Waals surface area contributed by atoms with E-state index < -0.39 is 18.3 Å². The van der Waals surface area contributed by atoms with E-state index in [9.17, 15) is 20.0 Å². The van der Waals surface area contributed by atoms with Gasteiger partial charge in [0.15, 0.2) is 6.23 Å². The highest BCUT2D eigenvalue weighted by Gasteiger charge is 2.40.